The van der Waals surface area contributed by atoms with Crippen LogP contribution in [0.3, 0.4) is 0 Å². The minimum atomic E-state index is 0.776. The van der Waals surface area contributed by atoms with Gasteiger partial charge in [0.05, 0.1) is 23.4 Å². The molecular formula is C38H20N6O2. The molecule has 0 atom stereocenters. The van der Waals surface area contributed by atoms with Crippen molar-refractivity contribution >= 4 is 87.7 Å². The highest BCUT2D eigenvalue weighted by Crippen LogP contribution is 2.40. The smallest absolute Gasteiger partial charge is 0.145 e. The molecule has 0 aliphatic carbocycles. The highest BCUT2D eigenvalue weighted by Gasteiger charge is 2.19. The highest BCUT2D eigenvalue weighted by molar-refractivity contribution is 6.16. The predicted octanol–water partition coefficient (Wildman–Crippen LogP) is 9.26. The van der Waals surface area contributed by atoms with Crippen molar-refractivity contribution in [3.8, 4) is 11.4 Å². The number of benzene rings is 3. The van der Waals surface area contributed by atoms with E-state index < -0.39 is 0 Å². The van der Waals surface area contributed by atoms with Crippen molar-refractivity contribution in [2.24, 2.45) is 0 Å². The van der Waals surface area contributed by atoms with Gasteiger partial charge >= 0.3 is 0 Å². The molecule has 46 heavy (non-hydrogen) atoms. The van der Waals surface area contributed by atoms with Gasteiger partial charge in [0.15, 0.2) is 0 Å². The van der Waals surface area contributed by atoms with Gasteiger partial charge in [0.1, 0.15) is 33.6 Å². The molecule has 3 aromatic carbocycles. The van der Waals surface area contributed by atoms with Crippen LogP contribution in [0.25, 0.3) is 99.1 Å². The van der Waals surface area contributed by atoms with E-state index in [0.717, 1.165) is 99.1 Å². The number of furan rings is 2. The van der Waals surface area contributed by atoms with E-state index in [0.29, 0.717) is 0 Å². The molecule has 11 aromatic rings. The van der Waals surface area contributed by atoms with Crippen LogP contribution in [0.5, 0.6) is 0 Å². The molecule has 8 heteroatoms. The summed E-state index contributed by atoms with van der Waals surface area (Å²) in [6.07, 6.45) is 11.1. The van der Waals surface area contributed by atoms with Crippen molar-refractivity contribution in [2.45, 2.75) is 0 Å². The van der Waals surface area contributed by atoms with Crippen LogP contribution in [0.15, 0.2) is 131 Å². The average Bonchev–Trinajstić information content (AvgIpc) is 3.84. The molecular weight excluding hydrogens is 572 g/mol. The van der Waals surface area contributed by atoms with Crippen molar-refractivity contribution in [3.63, 3.8) is 0 Å². The van der Waals surface area contributed by atoms with E-state index in [4.69, 9.17) is 18.8 Å². The van der Waals surface area contributed by atoms with Crippen LogP contribution in [0.4, 0.5) is 0 Å². The van der Waals surface area contributed by atoms with E-state index in [1.165, 1.54) is 0 Å². The lowest BCUT2D eigenvalue weighted by Gasteiger charge is -2.07. The van der Waals surface area contributed by atoms with Gasteiger partial charge in [-0.2, -0.15) is 0 Å². The van der Waals surface area contributed by atoms with Crippen molar-refractivity contribution in [1.82, 2.24) is 29.1 Å². The van der Waals surface area contributed by atoms with Gasteiger partial charge in [0.2, 0.25) is 0 Å². The molecule has 214 valence electrons. The number of nitrogens with zero attached hydrogens (tertiary/aromatic N) is 6. The predicted molar refractivity (Wildman–Crippen MR) is 181 cm³/mol. The summed E-state index contributed by atoms with van der Waals surface area (Å²) in [5.74, 6) is 0. The van der Waals surface area contributed by atoms with Crippen molar-refractivity contribution in [2.75, 3.05) is 0 Å². The van der Waals surface area contributed by atoms with Crippen LogP contribution in [0.2, 0.25) is 0 Å². The minimum Gasteiger partial charge on any atom is -0.456 e. The molecule has 0 aliphatic rings. The molecule has 0 saturated carbocycles. The first-order valence-corrected chi connectivity index (χ1v) is 15.0. The maximum Gasteiger partial charge on any atom is 0.145 e. The largest absolute Gasteiger partial charge is 0.456 e. The first-order valence-electron chi connectivity index (χ1n) is 15.0. The molecule has 0 aliphatic heterocycles. The maximum absolute atomic E-state index is 6.37. The summed E-state index contributed by atoms with van der Waals surface area (Å²) >= 11 is 0. The number of aromatic nitrogens is 6. The third-order valence-corrected chi connectivity index (χ3v) is 9.20. The van der Waals surface area contributed by atoms with Crippen molar-refractivity contribution in [3.05, 3.63) is 122 Å². The first kappa shape index (κ1) is 23.9. The number of hydrogen-bond acceptors (Lipinski definition) is 6. The summed E-state index contributed by atoms with van der Waals surface area (Å²) in [6.45, 7) is 0. The van der Waals surface area contributed by atoms with Gasteiger partial charge in [-0.3, -0.25) is 19.1 Å². The zero-order valence-electron chi connectivity index (χ0n) is 24.0. The Bertz CT molecular complexity index is 2740. The van der Waals surface area contributed by atoms with Gasteiger partial charge in [-0.1, -0.05) is 0 Å². The molecule has 0 amide bonds. The molecule has 0 unspecified atom stereocenters. The van der Waals surface area contributed by atoms with Crippen molar-refractivity contribution < 1.29 is 8.83 Å². The van der Waals surface area contributed by atoms with E-state index in [1.54, 1.807) is 0 Å². The summed E-state index contributed by atoms with van der Waals surface area (Å²) in [4.78, 5) is 18.4. The number of fused-ring (bicyclic) bond motifs is 12. The maximum atomic E-state index is 6.37. The van der Waals surface area contributed by atoms with E-state index in [1.807, 2.05) is 79.6 Å². The Hall–Kier alpha value is -6.54. The van der Waals surface area contributed by atoms with E-state index in [-0.39, 0.29) is 0 Å². The second-order valence-electron chi connectivity index (χ2n) is 11.6. The van der Waals surface area contributed by atoms with Gasteiger partial charge in [-0.15, -0.1) is 0 Å². The summed E-state index contributed by atoms with van der Waals surface area (Å²) in [7, 11) is 0. The second-order valence-corrected chi connectivity index (χ2v) is 11.6. The lowest BCUT2D eigenvalue weighted by atomic mass is 10.1. The lowest BCUT2D eigenvalue weighted by Crippen LogP contribution is -1.95. The summed E-state index contributed by atoms with van der Waals surface area (Å²) in [6, 6.07) is 29.0. The van der Waals surface area contributed by atoms with Gasteiger partial charge in [0, 0.05) is 85.3 Å². The molecule has 11 rings (SSSR count). The standard InChI is InChI=1S/C38H20N6O2/c1-3-25-23-9-13-39-19-31(23)43(37(25)41-11-1)21-5-7-33-27(15-21)29-17-30-28-16-22(6-8-34(28)46-36(30)18-35(29)45-33)44-32-20-40-14-10-24(32)26-4-2-12-42-38(26)44/h1-20H. The number of hydrogen-bond donors (Lipinski definition) is 0. The van der Waals surface area contributed by atoms with Gasteiger partial charge < -0.3 is 8.83 Å². The molecule has 0 spiro atoms. The second kappa shape index (κ2) is 8.55. The van der Waals surface area contributed by atoms with Crippen LogP contribution in [0.1, 0.15) is 0 Å². The van der Waals surface area contributed by atoms with Crippen LogP contribution in [-0.4, -0.2) is 29.1 Å². The molecule has 0 saturated heterocycles. The van der Waals surface area contributed by atoms with E-state index in [9.17, 15) is 0 Å². The van der Waals surface area contributed by atoms with Crippen molar-refractivity contribution in [1.29, 1.82) is 0 Å². The molecule has 0 N–H and O–H groups in total. The van der Waals surface area contributed by atoms with Crippen LogP contribution in [0, 0.1) is 0 Å². The van der Waals surface area contributed by atoms with E-state index in [2.05, 4.69) is 61.6 Å². The first-order chi connectivity index (χ1) is 22.8. The Morgan fingerprint density at radius 3 is 1.43 bits per heavy atom. The summed E-state index contributed by atoms with van der Waals surface area (Å²) in [5.41, 5.74) is 8.97. The van der Waals surface area contributed by atoms with Crippen LogP contribution < -0.4 is 0 Å². The fourth-order valence-electron chi connectivity index (χ4n) is 7.21. The summed E-state index contributed by atoms with van der Waals surface area (Å²) < 4.78 is 17.1. The van der Waals surface area contributed by atoms with Crippen LogP contribution in [-0.2, 0) is 0 Å². The molecule has 0 radical (unpaired) electrons. The number of pyridine rings is 4. The molecule has 0 fully saturated rings. The molecule has 8 heterocycles. The molecule has 8 aromatic heterocycles. The van der Waals surface area contributed by atoms with Gasteiger partial charge in [0.25, 0.3) is 0 Å². The fourth-order valence-corrected chi connectivity index (χ4v) is 7.21. The normalized spacial score (nSPS) is 12.3. The Morgan fingerprint density at radius 2 is 0.913 bits per heavy atom. The third kappa shape index (κ3) is 3.07. The summed E-state index contributed by atoms with van der Waals surface area (Å²) in [5, 5.41) is 8.50. The Labute approximate surface area is 258 Å². The molecule has 8 nitrogen and oxygen atoms in total. The van der Waals surface area contributed by atoms with E-state index >= 15 is 0 Å². The topological polar surface area (TPSA) is 87.7 Å². The quantitative estimate of drug-likeness (QED) is 0.199. The minimum absolute atomic E-state index is 0.776. The molecule has 0 bridgehead atoms. The number of rotatable bonds is 2. The van der Waals surface area contributed by atoms with Gasteiger partial charge in [-0.05, 0) is 78.9 Å². The fraction of sp³-hybridized carbons (Fsp3) is 0. The Kier molecular flexibility index (Phi) is 4.43. The Morgan fingerprint density at radius 1 is 0.413 bits per heavy atom. The lowest BCUT2D eigenvalue weighted by molar-refractivity contribution is 0.656. The van der Waals surface area contributed by atoms with Crippen LogP contribution >= 0.6 is 0 Å². The SMILES string of the molecule is c1cnc2c(c1)c1ccncc1n2-c1ccc2oc3cc4oc5ccc(-n6c7cnccc7c7cccnc76)cc5c4cc3c2c1. The zero-order chi connectivity index (χ0) is 29.9. The Balaban J connectivity index is 1.16. The zero-order valence-corrected chi connectivity index (χ0v) is 24.0. The van der Waals surface area contributed by atoms with Gasteiger partial charge in [-0.25, -0.2) is 9.97 Å². The highest BCUT2D eigenvalue weighted by atomic mass is 16.3. The monoisotopic (exact) mass is 592 g/mol. The third-order valence-electron chi connectivity index (χ3n) is 9.20. The average molecular weight is 593 g/mol.